The van der Waals surface area contributed by atoms with Gasteiger partial charge in [0.15, 0.2) is 0 Å². The maximum atomic E-state index is 5.43. The zero-order chi connectivity index (χ0) is 13.4. The molecule has 0 aliphatic rings. The molecule has 0 unspecified atom stereocenters. The summed E-state index contributed by atoms with van der Waals surface area (Å²) in [6.07, 6.45) is 3.79. The van der Waals surface area contributed by atoms with Gasteiger partial charge in [0.2, 0.25) is 5.88 Å². The third kappa shape index (κ3) is 4.12. The van der Waals surface area contributed by atoms with Gasteiger partial charge in [0.25, 0.3) is 0 Å². The van der Waals surface area contributed by atoms with Crippen molar-refractivity contribution >= 4 is 21.7 Å². The van der Waals surface area contributed by atoms with Crippen LogP contribution in [0.15, 0.2) is 12.4 Å². The lowest BCUT2D eigenvalue weighted by Crippen LogP contribution is -2.36. The molecule has 0 fully saturated rings. The van der Waals surface area contributed by atoms with Crippen molar-refractivity contribution in [1.29, 1.82) is 0 Å². The van der Waals surface area contributed by atoms with Crippen LogP contribution in [0.25, 0.3) is 0 Å². The molecule has 0 saturated carbocycles. The predicted molar refractivity (Wildman–Crippen MR) is 78.7 cm³/mol. The monoisotopic (exact) mass is 315 g/mol. The van der Waals surface area contributed by atoms with Gasteiger partial charge in [-0.1, -0.05) is 29.8 Å². The highest BCUT2D eigenvalue weighted by Crippen LogP contribution is 2.21. The first-order chi connectivity index (χ1) is 8.76. The summed E-state index contributed by atoms with van der Waals surface area (Å²) in [6, 6.07) is 2.43. The highest BCUT2D eigenvalue weighted by Gasteiger charge is 2.17. The number of ether oxygens (including phenoxy) is 1. The molecule has 0 bridgehead atoms. The second-order valence-corrected chi connectivity index (χ2v) is 4.79. The topological polar surface area (TPSA) is 38.2 Å². The van der Waals surface area contributed by atoms with Crippen molar-refractivity contribution < 1.29 is 4.74 Å². The molecule has 4 nitrogen and oxygen atoms in total. The molecule has 0 aliphatic heterocycles. The molecular formula is C13H22BrN3O. The molecule has 0 radical (unpaired) electrons. The molecule has 1 aromatic rings. The molecular weight excluding hydrogens is 294 g/mol. The number of hydrogen-bond donors (Lipinski definition) is 0. The number of hydrogen-bond acceptors (Lipinski definition) is 4. The molecule has 102 valence electrons. The zero-order valence-electron chi connectivity index (χ0n) is 11.4. The van der Waals surface area contributed by atoms with E-state index in [0.29, 0.717) is 18.5 Å². The van der Waals surface area contributed by atoms with E-state index in [2.05, 4.69) is 44.6 Å². The van der Waals surface area contributed by atoms with Crippen molar-refractivity contribution in [3.8, 4) is 5.88 Å². The summed E-state index contributed by atoms with van der Waals surface area (Å²) < 4.78 is 5.43. The van der Waals surface area contributed by atoms with Gasteiger partial charge in [-0.25, -0.2) is 9.97 Å². The maximum absolute atomic E-state index is 5.43. The summed E-state index contributed by atoms with van der Waals surface area (Å²) in [4.78, 5) is 10.8. The Labute approximate surface area is 118 Å². The largest absolute Gasteiger partial charge is 0.478 e. The van der Waals surface area contributed by atoms with Crippen molar-refractivity contribution in [1.82, 2.24) is 9.97 Å². The Morgan fingerprint density at radius 2 is 2.00 bits per heavy atom. The Morgan fingerprint density at radius 1 is 1.28 bits per heavy atom. The fourth-order valence-corrected chi connectivity index (χ4v) is 2.40. The van der Waals surface area contributed by atoms with E-state index in [0.717, 1.165) is 30.5 Å². The standard InChI is InChI=1S/C13H22BrN3O/c1-4-11(5-2)17(8-7-14)12-9-13(18-6-3)16-10-15-12/h9-11H,4-8H2,1-3H3. The molecule has 0 aliphatic carbocycles. The lowest BCUT2D eigenvalue weighted by atomic mass is 10.1. The zero-order valence-corrected chi connectivity index (χ0v) is 13.0. The number of nitrogens with zero attached hydrogens (tertiary/aromatic N) is 3. The number of anilines is 1. The van der Waals surface area contributed by atoms with E-state index >= 15 is 0 Å². The Balaban J connectivity index is 2.93. The van der Waals surface area contributed by atoms with Crippen LogP contribution in [-0.4, -0.2) is 34.5 Å². The molecule has 1 rings (SSSR count). The Kier molecular flexibility index (Phi) is 7.01. The number of aromatic nitrogens is 2. The summed E-state index contributed by atoms with van der Waals surface area (Å²) in [6.45, 7) is 7.94. The van der Waals surface area contributed by atoms with E-state index in [-0.39, 0.29) is 0 Å². The Morgan fingerprint density at radius 3 is 2.56 bits per heavy atom. The van der Waals surface area contributed by atoms with Gasteiger partial charge < -0.3 is 9.64 Å². The fraction of sp³-hybridized carbons (Fsp3) is 0.692. The van der Waals surface area contributed by atoms with Crippen molar-refractivity contribution in [2.24, 2.45) is 0 Å². The number of rotatable bonds is 8. The van der Waals surface area contributed by atoms with Crippen LogP contribution >= 0.6 is 15.9 Å². The predicted octanol–water partition coefficient (Wildman–Crippen LogP) is 3.27. The average molecular weight is 316 g/mol. The normalized spacial score (nSPS) is 10.7. The average Bonchev–Trinajstić information content (AvgIpc) is 2.40. The minimum absolute atomic E-state index is 0.506. The minimum atomic E-state index is 0.506. The third-order valence-corrected chi connectivity index (χ3v) is 3.28. The highest BCUT2D eigenvalue weighted by molar-refractivity contribution is 9.09. The molecule has 5 heteroatoms. The minimum Gasteiger partial charge on any atom is -0.478 e. The summed E-state index contributed by atoms with van der Waals surface area (Å²) >= 11 is 3.51. The summed E-state index contributed by atoms with van der Waals surface area (Å²) in [7, 11) is 0. The van der Waals surface area contributed by atoms with Crippen LogP contribution in [0.3, 0.4) is 0 Å². The second-order valence-electron chi connectivity index (χ2n) is 4.00. The summed E-state index contributed by atoms with van der Waals surface area (Å²) in [5.74, 6) is 1.59. The lowest BCUT2D eigenvalue weighted by molar-refractivity contribution is 0.326. The van der Waals surface area contributed by atoms with E-state index in [1.165, 1.54) is 0 Å². The van der Waals surface area contributed by atoms with E-state index in [1.807, 2.05) is 13.0 Å². The Bertz CT molecular complexity index is 345. The van der Waals surface area contributed by atoms with Crippen LogP contribution in [0.2, 0.25) is 0 Å². The van der Waals surface area contributed by atoms with Crippen LogP contribution in [0, 0.1) is 0 Å². The van der Waals surface area contributed by atoms with Crippen LogP contribution in [0.5, 0.6) is 5.88 Å². The van der Waals surface area contributed by atoms with Gasteiger partial charge in [0.05, 0.1) is 6.61 Å². The van der Waals surface area contributed by atoms with Crippen LogP contribution in [0.1, 0.15) is 33.6 Å². The van der Waals surface area contributed by atoms with Crippen molar-refractivity contribution in [2.75, 3.05) is 23.4 Å². The van der Waals surface area contributed by atoms with Crippen LogP contribution < -0.4 is 9.64 Å². The van der Waals surface area contributed by atoms with E-state index in [1.54, 1.807) is 6.33 Å². The molecule has 0 aromatic carbocycles. The van der Waals surface area contributed by atoms with Gasteiger partial charge in [-0.2, -0.15) is 0 Å². The molecule has 1 aromatic heterocycles. The smallest absolute Gasteiger partial charge is 0.218 e. The lowest BCUT2D eigenvalue weighted by Gasteiger charge is -2.31. The quantitative estimate of drug-likeness (QED) is 0.690. The first-order valence-electron chi connectivity index (χ1n) is 6.54. The molecule has 0 amide bonds. The first kappa shape index (κ1) is 15.2. The second kappa shape index (κ2) is 8.29. The molecule has 0 saturated heterocycles. The van der Waals surface area contributed by atoms with Gasteiger partial charge in [-0.05, 0) is 19.8 Å². The van der Waals surface area contributed by atoms with Gasteiger partial charge in [-0.3, -0.25) is 0 Å². The van der Waals surface area contributed by atoms with E-state index in [4.69, 9.17) is 4.74 Å². The van der Waals surface area contributed by atoms with Gasteiger partial charge in [0, 0.05) is 24.0 Å². The molecule has 18 heavy (non-hydrogen) atoms. The van der Waals surface area contributed by atoms with Gasteiger partial charge in [-0.15, -0.1) is 0 Å². The van der Waals surface area contributed by atoms with Crippen LogP contribution in [0.4, 0.5) is 5.82 Å². The van der Waals surface area contributed by atoms with Gasteiger partial charge >= 0.3 is 0 Å². The molecule has 1 heterocycles. The maximum Gasteiger partial charge on any atom is 0.218 e. The fourth-order valence-electron chi connectivity index (χ4n) is 2.02. The SMILES string of the molecule is CCOc1cc(N(CCBr)C(CC)CC)ncn1. The van der Waals surface area contributed by atoms with E-state index < -0.39 is 0 Å². The summed E-state index contributed by atoms with van der Waals surface area (Å²) in [5, 5.41) is 0.928. The van der Waals surface area contributed by atoms with Gasteiger partial charge in [0.1, 0.15) is 12.1 Å². The summed E-state index contributed by atoms with van der Waals surface area (Å²) in [5.41, 5.74) is 0. The highest BCUT2D eigenvalue weighted by atomic mass is 79.9. The van der Waals surface area contributed by atoms with Crippen molar-refractivity contribution in [2.45, 2.75) is 39.7 Å². The Hall–Kier alpha value is -0.840. The first-order valence-corrected chi connectivity index (χ1v) is 7.66. The molecule has 0 atom stereocenters. The van der Waals surface area contributed by atoms with Crippen LogP contribution in [-0.2, 0) is 0 Å². The van der Waals surface area contributed by atoms with Crippen molar-refractivity contribution in [3.63, 3.8) is 0 Å². The number of alkyl halides is 1. The van der Waals surface area contributed by atoms with E-state index in [9.17, 15) is 0 Å². The number of halogens is 1. The molecule has 0 spiro atoms. The third-order valence-electron chi connectivity index (χ3n) is 2.92. The molecule has 0 N–H and O–H groups in total. The van der Waals surface area contributed by atoms with Crippen molar-refractivity contribution in [3.05, 3.63) is 12.4 Å².